The lowest BCUT2D eigenvalue weighted by atomic mass is 9.91. The number of aromatic hydroxyl groups is 3. The van der Waals surface area contributed by atoms with Gasteiger partial charge < -0.3 is 50.0 Å². The zero-order chi connectivity index (χ0) is 23.2. The number of ketones is 1. The third kappa shape index (κ3) is 3.75. The SMILES string of the molecule is O=C1CC(OC2O[C@H](CO)[C@@H](O)[C@H](O)[C@H]2O)(c2ccc(O)cc2)Oc2cc(O)cc(O)c21. The normalized spacial score (nSPS) is 32.2. The van der Waals surface area contributed by atoms with Gasteiger partial charge in [-0.1, -0.05) is 0 Å². The molecular weight excluding hydrogens is 428 g/mol. The number of phenols is 3. The van der Waals surface area contributed by atoms with Crippen LogP contribution in [0.1, 0.15) is 22.3 Å². The topological polar surface area (TPSA) is 186 Å². The van der Waals surface area contributed by atoms with Gasteiger partial charge in [0.15, 0.2) is 12.1 Å². The molecule has 7 N–H and O–H groups in total. The van der Waals surface area contributed by atoms with Gasteiger partial charge in [0.2, 0.25) is 5.79 Å². The van der Waals surface area contributed by atoms with Crippen LogP contribution in [-0.4, -0.2) is 78.8 Å². The molecule has 11 nitrogen and oxygen atoms in total. The number of carbonyl (C=O) groups is 1. The number of phenolic OH excluding ortho intramolecular Hbond substituents is 3. The van der Waals surface area contributed by atoms with Crippen molar-refractivity contribution in [2.24, 2.45) is 0 Å². The average Bonchev–Trinajstić information content (AvgIpc) is 2.73. The fourth-order valence-electron chi connectivity index (χ4n) is 3.82. The first-order chi connectivity index (χ1) is 15.1. The molecule has 2 aliphatic rings. The van der Waals surface area contributed by atoms with E-state index < -0.39 is 61.1 Å². The maximum atomic E-state index is 12.9. The fraction of sp³-hybridized carbons (Fsp3) is 0.381. The lowest BCUT2D eigenvalue weighted by Gasteiger charge is -2.45. The first-order valence-electron chi connectivity index (χ1n) is 9.71. The van der Waals surface area contributed by atoms with Gasteiger partial charge in [-0.2, -0.15) is 0 Å². The molecule has 172 valence electrons. The van der Waals surface area contributed by atoms with Crippen LogP contribution in [0.2, 0.25) is 0 Å². The lowest BCUT2D eigenvalue weighted by molar-refractivity contribution is -0.360. The third-order valence-corrected chi connectivity index (χ3v) is 5.48. The van der Waals surface area contributed by atoms with E-state index in [2.05, 4.69) is 0 Å². The minimum Gasteiger partial charge on any atom is -0.508 e. The van der Waals surface area contributed by atoms with Crippen LogP contribution >= 0.6 is 0 Å². The number of Topliss-reactive ketones (excluding diaryl/α,β-unsaturated/α-hetero) is 1. The minimum absolute atomic E-state index is 0.0884. The number of carbonyl (C=O) groups excluding carboxylic acids is 1. The molecule has 4 rings (SSSR count). The molecular formula is C21H22O11. The van der Waals surface area contributed by atoms with E-state index in [4.69, 9.17) is 14.2 Å². The summed E-state index contributed by atoms with van der Waals surface area (Å²) >= 11 is 0. The fourth-order valence-corrected chi connectivity index (χ4v) is 3.82. The summed E-state index contributed by atoms with van der Waals surface area (Å²) in [6.45, 7) is -0.693. The quantitative estimate of drug-likeness (QED) is 0.316. The van der Waals surface area contributed by atoms with Crippen molar-refractivity contribution in [1.82, 2.24) is 0 Å². The van der Waals surface area contributed by atoms with E-state index in [1.165, 1.54) is 24.3 Å². The number of benzene rings is 2. The second-order valence-electron chi connectivity index (χ2n) is 7.65. The van der Waals surface area contributed by atoms with Crippen LogP contribution < -0.4 is 4.74 Å². The molecule has 2 aromatic rings. The largest absolute Gasteiger partial charge is 0.508 e. The Hall–Kier alpha value is -2.93. The van der Waals surface area contributed by atoms with E-state index in [-0.39, 0.29) is 28.4 Å². The molecule has 0 aliphatic carbocycles. The van der Waals surface area contributed by atoms with Crippen molar-refractivity contribution >= 4 is 5.78 Å². The predicted molar refractivity (Wildman–Crippen MR) is 104 cm³/mol. The molecule has 0 aromatic heterocycles. The summed E-state index contributed by atoms with van der Waals surface area (Å²) in [7, 11) is 0. The van der Waals surface area contributed by atoms with Gasteiger partial charge >= 0.3 is 0 Å². The monoisotopic (exact) mass is 450 g/mol. The highest BCUT2D eigenvalue weighted by atomic mass is 16.8. The molecule has 0 saturated carbocycles. The summed E-state index contributed by atoms with van der Waals surface area (Å²) in [6.07, 6.45) is -8.57. The van der Waals surface area contributed by atoms with Gasteiger partial charge in [-0.05, 0) is 24.3 Å². The van der Waals surface area contributed by atoms with Crippen molar-refractivity contribution in [1.29, 1.82) is 0 Å². The second-order valence-corrected chi connectivity index (χ2v) is 7.65. The van der Waals surface area contributed by atoms with Crippen LogP contribution in [0.4, 0.5) is 0 Å². The van der Waals surface area contributed by atoms with Crippen LogP contribution in [0.15, 0.2) is 36.4 Å². The Morgan fingerprint density at radius 2 is 1.66 bits per heavy atom. The maximum absolute atomic E-state index is 12.9. The Labute approximate surface area is 181 Å². The first kappa shape index (κ1) is 22.3. The van der Waals surface area contributed by atoms with E-state index in [0.717, 1.165) is 12.1 Å². The Morgan fingerprint density at radius 3 is 2.31 bits per heavy atom. The molecule has 0 radical (unpaired) electrons. The number of aliphatic hydroxyl groups is 4. The number of aliphatic hydroxyl groups excluding tert-OH is 4. The van der Waals surface area contributed by atoms with Crippen molar-refractivity contribution in [3.05, 3.63) is 47.5 Å². The van der Waals surface area contributed by atoms with E-state index >= 15 is 0 Å². The molecule has 0 spiro atoms. The molecule has 11 heteroatoms. The van der Waals surface area contributed by atoms with Crippen molar-refractivity contribution in [2.75, 3.05) is 6.61 Å². The van der Waals surface area contributed by atoms with Gasteiger partial charge in [0.05, 0.1) is 13.0 Å². The average molecular weight is 450 g/mol. The van der Waals surface area contributed by atoms with Crippen molar-refractivity contribution in [3.8, 4) is 23.0 Å². The summed E-state index contributed by atoms with van der Waals surface area (Å²) in [5.74, 6) is -3.79. The molecule has 2 aliphatic heterocycles. The van der Waals surface area contributed by atoms with Crippen molar-refractivity contribution in [2.45, 2.75) is 42.9 Å². The molecule has 1 fully saturated rings. The Balaban J connectivity index is 1.78. The highest BCUT2D eigenvalue weighted by Crippen LogP contribution is 2.46. The smallest absolute Gasteiger partial charge is 0.247 e. The Bertz CT molecular complexity index is 1010. The molecule has 2 unspecified atom stereocenters. The molecule has 32 heavy (non-hydrogen) atoms. The van der Waals surface area contributed by atoms with E-state index in [0.29, 0.717) is 0 Å². The van der Waals surface area contributed by atoms with Crippen LogP contribution in [0, 0.1) is 0 Å². The Morgan fingerprint density at radius 1 is 0.969 bits per heavy atom. The molecule has 1 saturated heterocycles. The summed E-state index contributed by atoms with van der Waals surface area (Å²) in [4.78, 5) is 12.9. The predicted octanol–water partition coefficient (Wildman–Crippen LogP) is -0.562. The van der Waals surface area contributed by atoms with Gasteiger partial charge in [-0.3, -0.25) is 4.79 Å². The van der Waals surface area contributed by atoms with Gasteiger partial charge in [-0.15, -0.1) is 0 Å². The number of fused-ring (bicyclic) bond motifs is 1. The van der Waals surface area contributed by atoms with E-state index in [1.54, 1.807) is 0 Å². The summed E-state index contributed by atoms with van der Waals surface area (Å²) in [5, 5.41) is 69.5. The van der Waals surface area contributed by atoms with Gasteiger partial charge in [0.25, 0.3) is 0 Å². The molecule has 6 atom stereocenters. The molecule has 0 amide bonds. The standard InChI is InChI=1S/C21H22O11/c22-8-15-17(27)18(28)19(29)20(30-15)32-21(9-1-3-10(23)4-2-9)7-13(26)16-12(25)5-11(24)6-14(16)31-21/h1-6,15,17-20,22-25,27-29H,7-8H2/t15-,17-,18+,19-,20?,21?/m1/s1. The zero-order valence-corrected chi connectivity index (χ0v) is 16.5. The molecule has 2 aromatic carbocycles. The van der Waals surface area contributed by atoms with E-state index in [9.17, 15) is 40.5 Å². The van der Waals surface area contributed by atoms with Crippen molar-refractivity contribution in [3.63, 3.8) is 0 Å². The van der Waals surface area contributed by atoms with Crippen LogP contribution in [0.3, 0.4) is 0 Å². The maximum Gasteiger partial charge on any atom is 0.247 e. The van der Waals surface area contributed by atoms with Crippen molar-refractivity contribution < 1.29 is 54.8 Å². The third-order valence-electron chi connectivity index (χ3n) is 5.48. The van der Waals surface area contributed by atoms with Gasteiger partial charge in [-0.25, -0.2) is 0 Å². The summed E-state index contributed by atoms with van der Waals surface area (Å²) < 4.78 is 17.2. The number of hydrogen-bond acceptors (Lipinski definition) is 11. The summed E-state index contributed by atoms with van der Waals surface area (Å²) in [5.41, 5.74) is 0.0173. The Kier molecular flexibility index (Phi) is 5.71. The number of rotatable bonds is 4. The number of ether oxygens (including phenoxy) is 3. The lowest BCUT2D eigenvalue weighted by Crippen LogP contribution is -2.61. The molecule has 0 bridgehead atoms. The zero-order valence-electron chi connectivity index (χ0n) is 16.5. The first-order valence-corrected chi connectivity index (χ1v) is 9.71. The minimum atomic E-state index is -1.98. The van der Waals surface area contributed by atoms with Gasteiger partial charge in [0.1, 0.15) is 53.0 Å². The van der Waals surface area contributed by atoms with Crippen LogP contribution in [0.5, 0.6) is 23.0 Å². The second kappa shape index (κ2) is 8.20. The van der Waals surface area contributed by atoms with E-state index in [1.807, 2.05) is 0 Å². The van der Waals surface area contributed by atoms with Crippen LogP contribution in [-0.2, 0) is 15.3 Å². The van der Waals surface area contributed by atoms with Crippen LogP contribution in [0.25, 0.3) is 0 Å². The highest BCUT2D eigenvalue weighted by molar-refractivity contribution is 6.03. The summed E-state index contributed by atoms with van der Waals surface area (Å²) in [6, 6.07) is 7.46. The van der Waals surface area contributed by atoms with Gasteiger partial charge in [0, 0.05) is 17.7 Å². The highest BCUT2D eigenvalue weighted by Gasteiger charge is 2.52. The molecule has 2 heterocycles. The number of hydrogen-bond donors (Lipinski definition) is 7.